The van der Waals surface area contributed by atoms with Gasteiger partial charge >= 0.3 is 0 Å². The van der Waals surface area contributed by atoms with Gasteiger partial charge in [-0.1, -0.05) is 62.4 Å². The van der Waals surface area contributed by atoms with Crippen molar-refractivity contribution in [3.63, 3.8) is 0 Å². The Morgan fingerprint density at radius 3 is 2.02 bits per heavy atom. The molecule has 0 bridgehead atoms. The minimum absolute atomic E-state index is 0.207. The first-order valence-corrected chi connectivity index (χ1v) is 13.1. The van der Waals surface area contributed by atoms with Crippen molar-refractivity contribution in [2.75, 3.05) is 28.8 Å². The first-order chi connectivity index (χ1) is 19.3. The fourth-order valence-electron chi connectivity index (χ4n) is 4.08. The largest absolute Gasteiger partial charge is 0.497 e. The summed E-state index contributed by atoms with van der Waals surface area (Å²) in [4.78, 5) is 25.8. The molecule has 0 heterocycles. The van der Waals surface area contributed by atoms with Crippen molar-refractivity contribution in [2.45, 2.75) is 25.8 Å². The zero-order chi connectivity index (χ0) is 28.5. The molecule has 7 heteroatoms. The van der Waals surface area contributed by atoms with E-state index in [1.807, 2.05) is 48.5 Å². The van der Waals surface area contributed by atoms with Gasteiger partial charge in [0.15, 0.2) is 0 Å². The van der Waals surface area contributed by atoms with Crippen LogP contribution in [0.25, 0.3) is 6.08 Å². The molecule has 4 rings (SSSR count). The number of hydrogen-bond acceptors (Lipinski definition) is 5. The van der Waals surface area contributed by atoms with Crippen LogP contribution >= 0.6 is 0 Å². The van der Waals surface area contributed by atoms with E-state index in [0.29, 0.717) is 28.7 Å². The summed E-state index contributed by atoms with van der Waals surface area (Å²) in [6.07, 6.45) is 3.16. The molecule has 1 atom stereocenters. The molecule has 0 saturated carbocycles. The fourth-order valence-corrected chi connectivity index (χ4v) is 4.08. The van der Waals surface area contributed by atoms with E-state index < -0.39 is 6.04 Å². The van der Waals surface area contributed by atoms with Gasteiger partial charge in [-0.05, 0) is 77.2 Å². The average molecular weight is 535 g/mol. The summed E-state index contributed by atoms with van der Waals surface area (Å²) < 4.78 is 5.22. The van der Waals surface area contributed by atoms with E-state index in [4.69, 9.17) is 10.5 Å². The number of methoxy groups -OCH3 is 1. The Hall–Kier alpha value is -5.04. The number of carbonyl (C=O) groups excluding carboxylic acids is 2. The van der Waals surface area contributed by atoms with Crippen molar-refractivity contribution >= 4 is 40.6 Å². The molecular weight excluding hydrogens is 500 g/mol. The molecular formula is C33H34N4O3. The maximum atomic E-state index is 13.5. The van der Waals surface area contributed by atoms with Gasteiger partial charge in [0, 0.05) is 17.5 Å². The smallest absolute Gasteiger partial charge is 0.251 e. The summed E-state index contributed by atoms with van der Waals surface area (Å²) in [5.74, 6) is 0.630. The number of hydrogen-bond donors (Lipinski definition) is 4. The van der Waals surface area contributed by atoms with Gasteiger partial charge in [-0.15, -0.1) is 0 Å². The number of rotatable bonds is 10. The lowest BCUT2D eigenvalue weighted by molar-refractivity contribution is -0.117. The highest BCUT2D eigenvalue weighted by molar-refractivity contribution is 6.03. The van der Waals surface area contributed by atoms with Crippen molar-refractivity contribution in [1.29, 1.82) is 0 Å². The maximum absolute atomic E-state index is 13.5. The summed E-state index contributed by atoms with van der Waals surface area (Å²) in [5, 5.41) is 9.14. The third-order valence-electron chi connectivity index (χ3n) is 6.42. The van der Waals surface area contributed by atoms with Crippen molar-refractivity contribution < 1.29 is 14.3 Å². The Labute approximate surface area is 235 Å². The highest BCUT2D eigenvalue weighted by Gasteiger charge is 2.21. The molecule has 1 unspecified atom stereocenters. The molecule has 0 aliphatic rings. The quantitative estimate of drug-likeness (QED) is 0.132. The van der Waals surface area contributed by atoms with Gasteiger partial charge in [0.25, 0.3) is 5.91 Å². The monoisotopic (exact) mass is 534 g/mol. The number of nitrogens with one attached hydrogen (secondary N) is 3. The summed E-state index contributed by atoms with van der Waals surface area (Å²) >= 11 is 0. The molecule has 2 amide bonds. The van der Waals surface area contributed by atoms with Gasteiger partial charge in [0.05, 0.1) is 18.5 Å². The van der Waals surface area contributed by atoms with Crippen LogP contribution in [0, 0.1) is 0 Å². The van der Waals surface area contributed by atoms with Gasteiger partial charge < -0.3 is 26.4 Å². The normalized spacial score (nSPS) is 11.7. The Balaban J connectivity index is 1.51. The number of benzene rings is 4. The first kappa shape index (κ1) is 28.0. The molecule has 0 fully saturated rings. The molecule has 204 valence electrons. The van der Waals surface area contributed by atoms with Gasteiger partial charge in [-0.25, -0.2) is 0 Å². The lowest BCUT2D eigenvalue weighted by Crippen LogP contribution is -2.27. The predicted molar refractivity (Wildman–Crippen MR) is 163 cm³/mol. The Morgan fingerprint density at radius 2 is 1.40 bits per heavy atom. The molecule has 4 aromatic rings. The van der Waals surface area contributed by atoms with E-state index in [9.17, 15) is 9.59 Å². The second-order valence-corrected chi connectivity index (χ2v) is 9.65. The zero-order valence-electron chi connectivity index (χ0n) is 22.8. The second-order valence-electron chi connectivity index (χ2n) is 9.65. The Morgan fingerprint density at radius 1 is 0.775 bits per heavy atom. The number of para-hydroxylation sites is 2. The van der Waals surface area contributed by atoms with E-state index in [0.717, 1.165) is 16.8 Å². The molecule has 0 aromatic heterocycles. The number of anilines is 4. The third-order valence-corrected chi connectivity index (χ3v) is 6.42. The predicted octanol–water partition coefficient (Wildman–Crippen LogP) is 6.84. The number of ether oxygens (including phenoxy) is 1. The number of carbonyl (C=O) groups is 2. The minimum Gasteiger partial charge on any atom is -0.497 e. The van der Waals surface area contributed by atoms with Gasteiger partial charge in [0.2, 0.25) is 5.91 Å². The highest BCUT2D eigenvalue weighted by Crippen LogP contribution is 2.25. The topological polar surface area (TPSA) is 105 Å². The lowest BCUT2D eigenvalue weighted by Gasteiger charge is -2.21. The van der Waals surface area contributed by atoms with Crippen molar-refractivity contribution in [3.05, 3.63) is 120 Å². The highest BCUT2D eigenvalue weighted by atomic mass is 16.5. The molecule has 0 aliphatic heterocycles. The van der Waals surface area contributed by atoms with Crippen molar-refractivity contribution in [1.82, 2.24) is 0 Å². The number of amides is 2. The van der Waals surface area contributed by atoms with Crippen LogP contribution in [0.5, 0.6) is 5.75 Å². The Bertz CT molecular complexity index is 1460. The van der Waals surface area contributed by atoms with Crippen LogP contribution < -0.4 is 26.4 Å². The molecule has 7 nitrogen and oxygen atoms in total. The van der Waals surface area contributed by atoms with E-state index in [1.165, 1.54) is 11.6 Å². The molecule has 4 aromatic carbocycles. The molecule has 0 spiro atoms. The van der Waals surface area contributed by atoms with Gasteiger partial charge in [0.1, 0.15) is 11.8 Å². The zero-order valence-corrected chi connectivity index (χ0v) is 22.8. The molecule has 5 N–H and O–H groups in total. The second kappa shape index (κ2) is 13.2. The Kier molecular flexibility index (Phi) is 9.20. The van der Waals surface area contributed by atoms with Gasteiger partial charge in [-0.3, -0.25) is 9.59 Å². The van der Waals surface area contributed by atoms with E-state index in [2.05, 4.69) is 41.9 Å². The molecule has 0 saturated heterocycles. The first-order valence-electron chi connectivity index (χ1n) is 13.1. The summed E-state index contributed by atoms with van der Waals surface area (Å²) in [6, 6.07) is 29.2. The van der Waals surface area contributed by atoms with E-state index in [-0.39, 0.29) is 11.8 Å². The molecule has 0 aliphatic carbocycles. The summed E-state index contributed by atoms with van der Waals surface area (Å²) in [7, 11) is 1.60. The third kappa shape index (κ3) is 7.51. The lowest BCUT2D eigenvalue weighted by atomic mass is 10.0. The average Bonchev–Trinajstić information content (AvgIpc) is 2.97. The number of nitrogen functional groups attached to an aromatic ring is 1. The fraction of sp³-hybridized carbons (Fsp3) is 0.152. The van der Waals surface area contributed by atoms with E-state index in [1.54, 1.807) is 49.6 Å². The van der Waals surface area contributed by atoms with Crippen LogP contribution in [-0.4, -0.2) is 18.9 Å². The SMILES string of the molecule is COc1ccc(NC(=O)C(Nc2ccc(C(C)C)cc2)c2ccc(/C=C/C(=O)Nc3ccccc3N)cc2)cc1. The van der Waals surface area contributed by atoms with Crippen LogP contribution in [0.1, 0.15) is 42.5 Å². The van der Waals surface area contributed by atoms with Gasteiger partial charge in [-0.2, -0.15) is 0 Å². The molecule has 40 heavy (non-hydrogen) atoms. The van der Waals surface area contributed by atoms with Crippen molar-refractivity contribution in [3.8, 4) is 5.75 Å². The van der Waals surface area contributed by atoms with Crippen LogP contribution in [0.4, 0.5) is 22.7 Å². The van der Waals surface area contributed by atoms with Crippen molar-refractivity contribution in [2.24, 2.45) is 0 Å². The number of nitrogens with two attached hydrogens (primary N) is 1. The van der Waals surface area contributed by atoms with Crippen LogP contribution in [0.2, 0.25) is 0 Å². The summed E-state index contributed by atoms with van der Waals surface area (Å²) in [5.41, 5.74) is 11.3. The standard InChI is InChI=1S/C33H34N4O3/c1-22(2)24-13-15-26(16-14-24)35-32(33(39)36-27-17-19-28(40-3)20-18-27)25-11-8-23(9-12-25)10-21-31(38)37-30-7-5-4-6-29(30)34/h4-22,32,35H,34H2,1-3H3,(H,36,39)(H,37,38)/b21-10+. The van der Waals surface area contributed by atoms with E-state index >= 15 is 0 Å². The molecule has 0 radical (unpaired) electrons. The van der Waals surface area contributed by atoms with Crippen LogP contribution in [0.15, 0.2) is 103 Å². The van der Waals surface area contributed by atoms with Crippen LogP contribution in [0.3, 0.4) is 0 Å². The van der Waals surface area contributed by atoms with Crippen LogP contribution in [-0.2, 0) is 9.59 Å². The summed E-state index contributed by atoms with van der Waals surface area (Å²) in [6.45, 7) is 4.29. The maximum Gasteiger partial charge on any atom is 0.251 e. The minimum atomic E-state index is -0.658.